The maximum Gasteiger partial charge on any atom is 0.264 e. The average molecular weight is 526 g/mol. The number of terminal acetylenes is 1. The van der Waals surface area contributed by atoms with E-state index in [1.807, 2.05) is 6.92 Å². The van der Waals surface area contributed by atoms with Crippen LogP contribution >= 0.6 is 50.9 Å². The van der Waals surface area contributed by atoms with Crippen LogP contribution in [0.25, 0.3) is 6.08 Å². The van der Waals surface area contributed by atoms with Gasteiger partial charge in [-0.1, -0.05) is 51.1 Å². The summed E-state index contributed by atoms with van der Waals surface area (Å²) in [6.45, 7) is 2.45. The van der Waals surface area contributed by atoms with Crippen LogP contribution in [0.5, 0.6) is 11.5 Å². The molecule has 2 aromatic rings. The molecule has 0 bridgehead atoms. The molecular formula is C21H15BrCl2N2O3S. The number of hydrogen-bond acceptors (Lipinski definition) is 5. The van der Waals surface area contributed by atoms with Crippen molar-refractivity contribution in [3.05, 3.63) is 55.3 Å². The minimum atomic E-state index is -0.269. The molecule has 154 valence electrons. The van der Waals surface area contributed by atoms with Crippen LogP contribution in [0.2, 0.25) is 10.0 Å². The Kier molecular flexibility index (Phi) is 7.73. The third kappa shape index (κ3) is 5.32. The second kappa shape index (κ2) is 10.3. The molecule has 0 aliphatic carbocycles. The molecule has 1 amide bonds. The Morgan fingerprint density at radius 3 is 2.80 bits per heavy atom. The number of nitrogens with one attached hydrogen (secondary N) is 1. The molecule has 0 saturated carbocycles. The maximum atomic E-state index is 12.4. The standard InChI is InChI=1S/C21H15BrCl2N2O3S/c1-3-8-29-17-11-13(22)12(9-16(17)28-4-2)10-18-20(27)26-21(30-18)25-15-7-5-6-14(23)19(15)24/h1,5-7,9-11H,4,8H2,2H3,(H,25,26,27)/b18-10+. The van der Waals surface area contributed by atoms with Crippen LogP contribution in [-0.2, 0) is 4.79 Å². The van der Waals surface area contributed by atoms with Crippen molar-refractivity contribution in [1.82, 2.24) is 5.32 Å². The second-order valence-corrected chi connectivity index (χ2v) is 8.47. The number of carbonyl (C=O) groups is 1. The molecule has 30 heavy (non-hydrogen) atoms. The van der Waals surface area contributed by atoms with Crippen LogP contribution in [0.4, 0.5) is 5.69 Å². The van der Waals surface area contributed by atoms with E-state index in [1.165, 1.54) is 11.8 Å². The number of nitrogens with zero attached hydrogens (tertiary/aromatic N) is 1. The lowest BCUT2D eigenvalue weighted by atomic mass is 10.2. The number of carbonyl (C=O) groups excluding carboxylic acids is 1. The first-order chi connectivity index (χ1) is 14.4. The van der Waals surface area contributed by atoms with E-state index in [4.69, 9.17) is 39.1 Å². The number of aliphatic imine (C=N–C) groups is 1. The Hall–Kier alpha value is -2.11. The monoisotopic (exact) mass is 524 g/mol. The number of thioether (sulfide) groups is 1. The van der Waals surface area contributed by atoms with Gasteiger partial charge in [-0.3, -0.25) is 4.79 Å². The summed E-state index contributed by atoms with van der Waals surface area (Å²) >= 11 is 16.9. The third-order valence-electron chi connectivity index (χ3n) is 3.76. The molecule has 1 N–H and O–H groups in total. The predicted molar refractivity (Wildman–Crippen MR) is 127 cm³/mol. The summed E-state index contributed by atoms with van der Waals surface area (Å²) < 4.78 is 11.9. The zero-order valence-electron chi connectivity index (χ0n) is 15.7. The molecule has 3 rings (SSSR count). The van der Waals surface area contributed by atoms with Gasteiger partial charge in [-0.15, -0.1) is 6.42 Å². The Labute approximate surface area is 197 Å². The van der Waals surface area contributed by atoms with Crippen LogP contribution in [-0.4, -0.2) is 24.3 Å². The smallest absolute Gasteiger partial charge is 0.264 e. The van der Waals surface area contributed by atoms with Crippen molar-refractivity contribution >= 4 is 73.7 Å². The molecule has 1 heterocycles. The second-order valence-electron chi connectivity index (χ2n) is 5.80. The predicted octanol–water partition coefficient (Wildman–Crippen LogP) is 6.06. The largest absolute Gasteiger partial charge is 0.490 e. The van der Waals surface area contributed by atoms with Crippen molar-refractivity contribution in [2.45, 2.75) is 6.92 Å². The van der Waals surface area contributed by atoms with Gasteiger partial charge < -0.3 is 14.8 Å². The van der Waals surface area contributed by atoms with Crippen molar-refractivity contribution in [2.24, 2.45) is 4.99 Å². The van der Waals surface area contributed by atoms with E-state index in [9.17, 15) is 4.79 Å². The van der Waals surface area contributed by atoms with Crippen molar-refractivity contribution in [3.63, 3.8) is 0 Å². The molecule has 5 nitrogen and oxygen atoms in total. The topological polar surface area (TPSA) is 59.9 Å². The summed E-state index contributed by atoms with van der Waals surface area (Å²) in [6.07, 6.45) is 7.00. The van der Waals surface area contributed by atoms with Gasteiger partial charge in [0.2, 0.25) is 0 Å². The number of rotatable bonds is 6. The van der Waals surface area contributed by atoms with Crippen LogP contribution < -0.4 is 14.8 Å². The zero-order chi connectivity index (χ0) is 21.7. The van der Waals surface area contributed by atoms with Crippen LogP contribution in [0, 0.1) is 12.3 Å². The molecule has 9 heteroatoms. The Morgan fingerprint density at radius 1 is 1.30 bits per heavy atom. The Morgan fingerprint density at radius 2 is 2.07 bits per heavy atom. The summed E-state index contributed by atoms with van der Waals surface area (Å²) in [5.74, 6) is 3.21. The Bertz CT molecular complexity index is 1100. The van der Waals surface area contributed by atoms with E-state index in [-0.39, 0.29) is 12.5 Å². The van der Waals surface area contributed by atoms with Crippen LogP contribution in [0.15, 0.2) is 44.7 Å². The first kappa shape index (κ1) is 22.6. The van der Waals surface area contributed by atoms with Gasteiger partial charge in [0.25, 0.3) is 5.91 Å². The molecule has 1 saturated heterocycles. The molecular weight excluding hydrogens is 511 g/mol. The number of benzene rings is 2. The minimum Gasteiger partial charge on any atom is -0.490 e. The molecule has 0 atom stereocenters. The van der Waals surface area contributed by atoms with E-state index in [2.05, 4.69) is 32.2 Å². The quantitative estimate of drug-likeness (QED) is 0.368. The number of halogens is 3. The normalized spacial score (nSPS) is 15.9. The first-order valence-corrected chi connectivity index (χ1v) is 11.1. The summed E-state index contributed by atoms with van der Waals surface area (Å²) in [7, 11) is 0. The van der Waals surface area contributed by atoms with Crippen molar-refractivity contribution in [2.75, 3.05) is 13.2 Å². The van der Waals surface area contributed by atoms with Crippen LogP contribution in [0.3, 0.4) is 0 Å². The highest BCUT2D eigenvalue weighted by atomic mass is 79.9. The number of ether oxygens (including phenoxy) is 2. The molecule has 0 spiro atoms. The summed E-state index contributed by atoms with van der Waals surface area (Å²) in [6, 6.07) is 8.66. The van der Waals surface area contributed by atoms with E-state index >= 15 is 0 Å². The van der Waals surface area contributed by atoms with Gasteiger partial charge in [-0.2, -0.15) is 0 Å². The first-order valence-electron chi connectivity index (χ1n) is 8.69. The van der Waals surface area contributed by atoms with Gasteiger partial charge >= 0.3 is 0 Å². The van der Waals surface area contributed by atoms with Gasteiger partial charge in [0.1, 0.15) is 6.61 Å². The SMILES string of the molecule is C#CCOc1cc(Br)c(/C=C2/SC(=Nc3cccc(Cl)c3Cl)NC2=O)cc1OCC. The van der Waals surface area contributed by atoms with Gasteiger partial charge in [-0.25, -0.2) is 4.99 Å². The van der Waals surface area contributed by atoms with Gasteiger partial charge in [-0.05, 0) is 54.6 Å². The van der Waals surface area contributed by atoms with Crippen molar-refractivity contribution in [3.8, 4) is 23.8 Å². The third-order valence-corrected chi connectivity index (χ3v) is 6.17. The number of amidine groups is 1. The number of hydrogen-bond donors (Lipinski definition) is 1. The number of amides is 1. The van der Waals surface area contributed by atoms with Gasteiger partial charge in [0.05, 0.1) is 27.2 Å². The molecule has 1 aliphatic rings. The lowest BCUT2D eigenvalue weighted by Gasteiger charge is -2.12. The molecule has 1 aliphatic heterocycles. The Balaban J connectivity index is 1.90. The summed E-state index contributed by atoms with van der Waals surface area (Å²) in [5, 5.41) is 3.85. The van der Waals surface area contributed by atoms with Gasteiger partial charge in [0.15, 0.2) is 16.7 Å². The molecule has 0 radical (unpaired) electrons. The van der Waals surface area contributed by atoms with E-state index in [1.54, 1.807) is 36.4 Å². The van der Waals surface area contributed by atoms with E-state index in [0.717, 1.165) is 10.0 Å². The highest BCUT2D eigenvalue weighted by Crippen LogP contribution is 2.38. The fourth-order valence-electron chi connectivity index (χ4n) is 2.47. The van der Waals surface area contributed by atoms with Gasteiger partial charge in [0, 0.05) is 4.47 Å². The highest BCUT2D eigenvalue weighted by Gasteiger charge is 2.25. The molecule has 0 aromatic heterocycles. The van der Waals surface area contributed by atoms with E-state index in [0.29, 0.717) is 43.9 Å². The average Bonchev–Trinajstić information content (AvgIpc) is 3.05. The fraction of sp³-hybridized carbons (Fsp3) is 0.143. The lowest BCUT2D eigenvalue weighted by Crippen LogP contribution is -2.19. The molecule has 2 aromatic carbocycles. The van der Waals surface area contributed by atoms with Crippen molar-refractivity contribution < 1.29 is 14.3 Å². The summed E-state index contributed by atoms with van der Waals surface area (Å²) in [5.41, 5.74) is 1.22. The summed E-state index contributed by atoms with van der Waals surface area (Å²) in [4.78, 5) is 17.3. The van der Waals surface area contributed by atoms with Crippen molar-refractivity contribution in [1.29, 1.82) is 0 Å². The van der Waals surface area contributed by atoms with Crippen LogP contribution in [0.1, 0.15) is 12.5 Å². The molecule has 0 unspecified atom stereocenters. The maximum absolute atomic E-state index is 12.4. The van der Waals surface area contributed by atoms with E-state index < -0.39 is 0 Å². The highest BCUT2D eigenvalue weighted by molar-refractivity contribution is 9.10. The fourth-order valence-corrected chi connectivity index (χ4v) is 4.07. The lowest BCUT2D eigenvalue weighted by molar-refractivity contribution is -0.115. The zero-order valence-corrected chi connectivity index (χ0v) is 19.6. The minimum absolute atomic E-state index is 0.122. The molecule has 1 fully saturated rings.